The molecule has 1 aromatic heterocycles. The summed E-state index contributed by atoms with van der Waals surface area (Å²) in [6.07, 6.45) is 2.53. The molecule has 1 amide bonds. The van der Waals surface area contributed by atoms with Crippen molar-refractivity contribution in [1.82, 2.24) is 14.9 Å². The van der Waals surface area contributed by atoms with E-state index in [0.717, 1.165) is 23.5 Å². The summed E-state index contributed by atoms with van der Waals surface area (Å²) >= 11 is 0. The number of halogens is 1. The molecule has 5 heteroatoms. The fourth-order valence-electron chi connectivity index (χ4n) is 3.10. The minimum absolute atomic E-state index is 0.0209. The van der Waals surface area contributed by atoms with Gasteiger partial charge in [-0.25, -0.2) is 14.4 Å². The molecular weight excluding hydrogens is 305 g/mol. The van der Waals surface area contributed by atoms with Crippen molar-refractivity contribution in [2.45, 2.75) is 39.0 Å². The monoisotopic (exact) mass is 327 g/mol. The summed E-state index contributed by atoms with van der Waals surface area (Å²) in [7, 11) is 0. The van der Waals surface area contributed by atoms with Crippen molar-refractivity contribution in [3.05, 3.63) is 58.9 Å². The molecule has 2 heterocycles. The van der Waals surface area contributed by atoms with Crippen LogP contribution in [0.2, 0.25) is 0 Å². The molecule has 1 atom stereocenters. The average molecular weight is 327 g/mol. The molecule has 0 aliphatic carbocycles. The third kappa shape index (κ3) is 3.30. The van der Waals surface area contributed by atoms with E-state index in [4.69, 9.17) is 0 Å². The second-order valence-electron chi connectivity index (χ2n) is 6.67. The quantitative estimate of drug-likeness (QED) is 0.864. The lowest BCUT2D eigenvalue weighted by Gasteiger charge is -2.18. The third-order valence-corrected chi connectivity index (χ3v) is 4.56. The molecule has 24 heavy (non-hydrogen) atoms. The zero-order valence-corrected chi connectivity index (χ0v) is 14.3. The number of amides is 1. The molecule has 3 rings (SSSR count). The fraction of sp³-hybridized carbons (Fsp3) is 0.421. The molecular formula is C19H22FN3O. The number of likely N-dealkylation sites (tertiary alicyclic amines) is 1. The van der Waals surface area contributed by atoms with Gasteiger partial charge in [0, 0.05) is 31.1 Å². The highest BCUT2D eigenvalue weighted by molar-refractivity contribution is 5.95. The van der Waals surface area contributed by atoms with E-state index < -0.39 is 0 Å². The summed E-state index contributed by atoms with van der Waals surface area (Å²) < 4.78 is 13.1. The van der Waals surface area contributed by atoms with E-state index in [1.165, 1.54) is 12.1 Å². The molecule has 0 saturated carbocycles. The number of carbonyl (C=O) groups excluding carboxylic acids is 1. The molecule has 126 valence electrons. The predicted octanol–water partition coefficient (Wildman–Crippen LogP) is 3.68. The third-order valence-electron chi connectivity index (χ3n) is 4.56. The first kappa shape index (κ1) is 16.6. The minimum atomic E-state index is -0.234. The Bertz CT molecular complexity index is 743. The Hall–Kier alpha value is -2.30. The molecule has 1 unspecified atom stereocenters. The van der Waals surface area contributed by atoms with Crippen molar-refractivity contribution >= 4 is 5.91 Å². The smallest absolute Gasteiger partial charge is 0.257 e. The van der Waals surface area contributed by atoms with E-state index in [1.807, 2.05) is 25.7 Å². The Morgan fingerprint density at radius 3 is 2.62 bits per heavy atom. The number of rotatable bonds is 3. The van der Waals surface area contributed by atoms with Gasteiger partial charge in [0.15, 0.2) is 0 Å². The first-order chi connectivity index (χ1) is 11.5. The van der Waals surface area contributed by atoms with Crippen molar-refractivity contribution in [2.75, 3.05) is 13.1 Å². The van der Waals surface area contributed by atoms with Crippen molar-refractivity contribution < 1.29 is 9.18 Å². The van der Waals surface area contributed by atoms with Crippen LogP contribution in [0.25, 0.3) is 0 Å². The Balaban J connectivity index is 1.73. The van der Waals surface area contributed by atoms with Crippen molar-refractivity contribution in [3.63, 3.8) is 0 Å². The number of nitrogens with zero attached hydrogens (tertiary/aromatic N) is 3. The summed E-state index contributed by atoms with van der Waals surface area (Å²) in [6, 6.07) is 6.56. The van der Waals surface area contributed by atoms with E-state index in [0.29, 0.717) is 18.7 Å². The summed E-state index contributed by atoms with van der Waals surface area (Å²) in [6.45, 7) is 7.27. The highest BCUT2D eigenvalue weighted by Gasteiger charge is 2.29. The predicted molar refractivity (Wildman–Crippen MR) is 90.5 cm³/mol. The summed E-state index contributed by atoms with van der Waals surface area (Å²) in [5.74, 6) is 0.998. The Morgan fingerprint density at radius 1 is 1.29 bits per heavy atom. The van der Waals surface area contributed by atoms with E-state index in [9.17, 15) is 9.18 Å². The normalized spacial score (nSPS) is 17.5. The van der Waals surface area contributed by atoms with Crippen LogP contribution < -0.4 is 0 Å². The first-order valence-electron chi connectivity index (χ1n) is 8.34. The lowest BCUT2D eigenvalue weighted by atomic mass is 9.98. The van der Waals surface area contributed by atoms with Crippen LogP contribution in [0.5, 0.6) is 0 Å². The standard InChI is InChI=1S/C19H22FN3O/c1-12(2)18-21-10-17(13(3)22-18)19(24)23-9-8-15(11-23)14-4-6-16(20)7-5-14/h4-7,10,12,15H,8-9,11H2,1-3H3. The number of benzene rings is 1. The first-order valence-corrected chi connectivity index (χ1v) is 8.34. The van der Waals surface area contributed by atoms with E-state index in [-0.39, 0.29) is 23.6 Å². The molecule has 0 N–H and O–H groups in total. The van der Waals surface area contributed by atoms with Gasteiger partial charge in [0.1, 0.15) is 11.6 Å². The van der Waals surface area contributed by atoms with Gasteiger partial charge in [-0.05, 0) is 31.0 Å². The molecule has 1 fully saturated rings. The maximum Gasteiger partial charge on any atom is 0.257 e. The summed E-state index contributed by atoms with van der Waals surface area (Å²) in [5, 5.41) is 0. The zero-order chi connectivity index (χ0) is 17.3. The van der Waals surface area contributed by atoms with Gasteiger partial charge >= 0.3 is 0 Å². The van der Waals surface area contributed by atoms with E-state index in [1.54, 1.807) is 18.3 Å². The van der Waals surface area contributed by atoms with Gasteiger partial charge in [0.2, 0.25) is 0 Å². The molecule has 0 radical (unpaired) electrons. The highest BCUT2D eigenvalue weighted by Crippen LogP contribution is 2.28. The number of carbonyl (C=O) groups is 1. The van der Waals surface area contributed by atoms with Crippen LogP contribution in [-0.2, 0) is 0 Å². The van der Waals surface area contributed by atoms with Crippen LogP contribution in [0.3, 0.4) is 0 Å². The number of aromatic nitrogens is 2. The topological polar surface area (TPSA) is 46.1 Å². The van der Waals surface area contributed by atoms with Gasteiger partial charge in [-0.2, -0.15) is 0 Å². The Morgan fingerprint density at radius 2 is 2.00 bits per heavy atom. The van der Waals surface area contributed by atoms with Crippen LogP contribution in [0.15, 0.2) is 30.5 Å². The molecule has 1 saturated heterocycles. The Labute approximate surface area is 141 Å². The maximum atomic E-state index is 13.1. The fourth-order valence-corrected chi connectivity index (χ4v) is 3.10. The minimum Gasteiger partial charge on any atom is -0.338 e. The molecule has 2 aromatic rings. The van der Waals surface area contributed by atoms with Gasteiger partial charge < -0.3 is 4.90 Å². The van der Waals surface area contributed by atoms with Crippen LogP contribution in [-0.4, -0.2) is 33.9 Å². The van der Waals surface area contributed by atoms with Crippen LogP contribution in [0.1, 0.15) is 59.5 Å². The van der Waals surface area contributed by atoms with E-state index >= 15 is 0 Å². The SMILES string of the molecule is Cc1nc(C(C)C)ncc1C(=O)N1CCC(c2ccc(F)cc2)C1. The van der Waals surface area contributed by atoms with Crippen LogP contribution in [0.4, 0.5) is 4.39 Å². The molecule has 1 aliphatic rings. The maximum absolute atomic E-state index is 13.1. The second-order valence-corrected chi connectivity index (χ2v) is 6.67. The van der Waals surface area contributed by atoms with Crippen molar-refractivity contribution in [3.8, 4) is 0 Å². The van der Waals surface area contributed by atoms with Crippen molar-refractivity contribution in [1.29, 1.82) is 0 Å². The number of hydrogen-bond donors (Lipinski definition) is 0. The molecule has 4 nitrogen and oxygen atoms in total. The number of hydrogen-bond acceptors (Lipinski definition) is 3. The van der Waals surface area contributed by atoms with Gasteiger partial charge in [0.25, 0.3) is 5.91 Å². The van der Waals surface area contributed by atoms with Gasteiger partial charge in [-0.15, -0.1) is 0 Å². The van der Waals surface area contributed by atoms with Crippen LogP contribution >= 0.6 is 0 Å². The van der Waals surface area contributed by atoms with Gasteiger partial charge in [-0.1, -0.05) is 26.0 Å². The average Bonchev–Trinajstić information content (AvgIpc) is 3.04. The lowest BCUT2D eigenvalue weighted by Crippen LogP contribution is -2.29. The molecule has 1 aliphatic heterocycles. The Kier molecular flexibility index (Phi) is 4.60. The summed E-state index contributed by atoms with van der Waals surface area (Å²) in [5.41, 5.74) is 2.37. The molecule has 1 aromatic carbocycles. The van der Waals surface area contributed by atoms with E-state index in [2.05, 4.69) is 9.97 Å². The number of aryl methyl sites for hydroxylation is 1. The van der Waals surface area contributed by atoms with Crippen molar-refractivity contribution in [2.24, 2.45) is 0 Å². The highest BCUT2D eigenvalue weighted by atomic mass is 19.1. The lowest BCUT2D eigenvalue weighted by molar-refractivity contribution is 0.0789. The van der Waals surface area contributed by atoms with Gasteiger partial charge in [0.05, 0.1) is 11.3 Å². The molecule has 0 bridgehead atoms. The van der Waals surface area contributed by atoms with Gasteiger partial charge in [-0.3, -0.25) is 4.79 Å². The summed E-state index contributed by atoms with van der Waals surface area (Å²) in [4.78, 5) is 23.4. The largest absolute Gasteiger partial charge is 0.338 e. The van der Waals surface area contributed by atoms with Crippen LogP contribution in [0, 0.1) is 12.7 Å². The second kappa shape index (κ2) is 6.67. The zero-order valence-electron chi connectivity index (χ0n) is 14.3. The molecule has 0 spiro atoms.